The largest absolute Gasteiger partial charge is 0.508 e. The van der Waals surface area contributed by atoms with E-state index in [0.29, 0.717) is 12.4 Å². The number of methoxy groups -OCH3 is 1. The fraction of sp³-hybridized carbons (Fsp3) is 0.200. The van der Waals surface area contributed by atoms with Crippen molar-refractivity contribution in [3.05, 3.63) is 53.6 Å². The Kier molecular flexibility index (Phi) is 3.72. The highest BCUT2D eigenvalue weighted by Crippen LogP contribution is 2.26. The van der Waals surface area contributed by atoms with Gasteiger partial charge in [0.25, 0.3) is 0 Å². The average molecular weight is 244 g/mol. The van der Waals surface area contributed by atoms with E-state index in [0.717, 1.165) is 16.9 Å². The highest BCUT2D eigenvalue weighted by atomic mass is 16.5. The Morgan fingerprint density at radius 1 is 1.11 bits per heavy atom. The molecule has 0 spiro atoms. The Bertz CT molecular complexity index is 535. The predicted molar refractivity (Wildman–Crippen MR) is 70.2 cm³/mol. The first-order valence-corrected chi connectivity index (χ1v) is 5.75. The molecule has 0 bridgehead atoms. The molecule has 0 aromatic heterocycles. The van der Waals surface area contributed by atoms with Crippen molar-refractivity contribution in [2.24, 2.45) is 0 Å². The van der Waals surface area contributed by atoms with Crippen LogP contribution in [0.15, 0.2) is 42.5 Å². The van der Waals surface area contributed by atoms with Crippen LogP contribution in [0, 0.1) is 6.92 Å². The van der Waals surface area contributed by atoms with Crippen molar-refractivity contribution in [3.63, 3.8) is 0 Å². The van der Waals surface area contributed by atoms with Crippen LogP contribution in [0.25, 0.3) is 0 Å². The van der Waals surface area contributed by atoms with Crippen molar-refractivity contribution in [2.45, 2.75) is 13.5 Å². The minimum atomic E-state index is 0.248. The molecular formula is C15H16O3. The van der Waals surface area contributed by atoms with Crippen molar-refractivity contribution >= 4 is 0 Å². The molecule has 1 N–H and O–H groups in total. The van der Waals surface area contributed by atoms with E-state index in [2.05, 4.69) is 0 Å². The molecule has 2 aromatic rings. The molecule has 0 aliphatic carbocycles. The highest BCUT2D eigenvalue weighted by Gasteiger charge is 2.04. The minimum absolute atomic E-state index is 0.248. The van der Waals surface area contributed by atoms with Crippen LogP contribution in [0.2, 0.25) is 0 Å². The first-order chi connectivity index (χ1) is 8.70. The summed E-state index contributed by atoms with van der Waals surface area (Å²) >= 11 is 0. The molecule has 0 aliphatic heterocycles. The first-order valence-electron chi connectivity index (χ1n) is 5.75. The molecule has 0 aliphatic rings. The molecule has 0 amide bonds. The molecule has 2 aromatic carbocycles. The van der Waals surface area contributed by atoms with E-state index < -0.39 is 0 Å². The molecule has 18 heavy (non-hydrogen) atoms. The monoisotopic (exact) mass is 244 g/mol. The summed E-state index contributed by atoms with van der Waals surface area (Å²) in [5, 5.41) is 9.58. The van der Waals surface area contributed by atoms with Crippen LogP contribution in [-0.2, 0) is 6.61 Å². The summed E-state index contributed by atoms with van der Waals surface area (Å²) in [7, 11) is 1.64. The SMILES string of the molecule is COc1cccc(COc2cccc(O)c2C)c1. The zero-order valence-corrected chi connectivity index (χ0v) is 10.5. The zero-order valence-electron chi connectivity index (χ0n) is 10.5. The second-order valence-electron chi connectivity index (χ2n) is 4.04. The van der Waals surface area contributed by atoms with Gasteiger partial charge >= 0.3 is 0 Å². The summed E-state index contributed by atoms with van der Waals surface area (Å²) in [6.45, 7) is 2.28. The Morgan fingerprint density at radius 3 is 2.67 bits per heavy atom. The van der Waals surface area contributed by atoms with Crippen LogP contribution in [0.4, 0.5) is 0 Å². The lowest BCUT2D eigenvalue weighted by atomic mass is 10.2. The van der Waals surface area contributed by atoms with Gasteiger partial charge in [0.1, 0.15) is 23.9 Å². The van der Waals surface area contributed by atoms with Crippen LogP contribution >= 0.6 is 0 Å². The van der Waals surface area contributed by atoms with Gasteiger partial charge in [-0.15, -0.1) is 0 Å². The summed E-state index contributed by atoms with van der Waals surface area (Å²) in [4.78, 5) is 0. The smallest absolute Gasteiger partial charge is 0.126 e. The molecule has 94 valence electrons. The number of hydrogen-bond donors (Lipinski definition) is 1. The number of hydrogen-bond acceptors (Lipinski definition) is 3. The molecule has 0 radical (unpaired) electrons. The minimum Gasteiger partial charge on any atom is -0.508 e. The Labute approximate surface area is 107 Å². The van der Waals surface area contributed by atoms with Crippen LogP contribution in [0.1, 0.15) is 11.1 Å². The lowest BCUT2D eigenvalue weighted by molar-refractivity contribution is 0.301. The number of aromatic hydroxyl groups is 1. The standard InChI is InChI=1S/C15H16O3/c1-11-14(16)7-4-8-15(11)18-10-12-5-3-6-13(9-12)17-2/h3-9,16H,10H2,1-2H3. The van der Waals surface area contributed by atoms with Crippen molar-refractivity contribution in [1.82, 2.24) is 0 Å². The van der Waals surface area contributed by atoms with Crippen LogP contribution in [-0.4, -0.2) is 12.2 Å². The lowest BCUT2D eigenvalue weighted by Gasteiger charge is -2.10. The van der Waals surface area contributed by atoms with Crippen molar-refractivity contribution in [3.8, 4) is 17.2 Å². The number of benzene rings is 2. The van der Waals surface area contributed by atoms with E-state index in [1.807, 2.05) is 37.3 Å². The molecule has 2 rings (SSSR count). The Balaban J connectivity index is 2.09. The molecule has 0 unspecified atom stereocenters. The van der Waals surface area contributed by atoms with Gasteiger partial charge in [0.2, 0.25) is 0 Å². The fourth-order valence-electron chi connectivity index (χ4n) is 1.68. The highest BCUT2D eigenvalue weighted by molar-refractivity contribution is 5.42. The van der Waals surface area contributed by atoms with Gasteiger partial charge in [0.15, 0.2) is 0 Å². The number of rotatable bonds is 4. The van der Waals surface area contributed by atoms with E-state index >= 15 is 0 Å². The molecule has 0 heterocycles. The van der Waals surface area contributed by atoms with E-state index in [1.54, 1.807) is 19.2 Å². The fourth-order valence-corrected chi connectivity index (χ4v) is 1.68. The van der Waals surface area contributed by atoms with Crippen LogP contribution < -0.4 is 9.47 Å². The van der Waals surface area contributed by atoms with E-state index in [9.17, 15) is 5.11 Å². The van der Waals surface area contributed by atoms with Gasteiger partial charge in [-0.3, -0.25) is 0 Å². The quantitative estimate of drug-likeness (QED) is 0.897. The maximum Gasteiger partial charge on any atom is 0.126 e. The van der Waals surface area contributed by atoms with Gasteiger partial charge in [-0.2, -0.15) is 0 Å². The van der Waals surface area contributed by atoms with Crippen LogP contribution in [0.3, 0.4) is 0 Å². The maximum absolute atomic E-state index is 9.58. The summed E-state index contributed by atoms with van der Waals surface area (Å²) in [6, 6.07) is 13.0. The van der Waals surface area contributed by atoms with Gasteiger partial charge < -0.3 is 14.6 Å². The molecular weight excluding hydrogens is 228 g/mol. The molecule has 0 saturated heterocycles. The Hall–Kier alpha value is -2.16. The molecule has 0 fully saturated rings. The van der Waals surface area contributed by atoms with Crippen molar-refractivity contribution in [2.75, 3.05) is 7.11 Å². The first kappa shape index (κ1) is 12.3. The van der Waals surface area contributed by atoms with Crippen LogP contribution in [0.5, 0.6) is 17.2 Å². The molecule has 0 atom stereocenters. The van der Waals surface area contributed by atoms with Gasteiger partial charge in [-0.25, -0.2) is 0 Å². The number of ether oxygens (including phenoxy) is 2. The molecule has 3 nitrogen and oxygen atoms in total. The van der Waals surface area contributed by atoms with E-state index in [4.69, 9.17) is 9.47 Å². The van der Waals surface area contributed by atoms with Crippen molar-refractivity contribution < 1.29 is 14.6 Å². The van der Waals surface area contributed by atoms with Gasteiger partial charge in [0.05, 0.1) is 7.11 Å². The molecule has 0 saturated carbocycles. The third-order valence-corrected chi connectivity index (χ3v) is 2.78. The zero-order chi connectivity index (χ0) is 13.0. The normalized spacial score (nSPS) is 10.1. The third kappa shape index (κ3) is 2.74. The van der Waals surface area contributed by atoms with Gasteiger partial charge in [0, 0.05) is 5.56 Å². The third-order valence-electron chi connectivity index (χ3n) is 2.78. The second kappa shape index (κ2) is 5.45. The lowest BCUT2D eigenvalue weighted by Crippen LogP contribution is -1.97. The maximum atomic E-state index is 9.58. The van der Waals surface area contributed by atoms with E-state index in [-0.39, 0.29) is 5.75 Å². The topological polar surface area (TPSA) is 38.7 Å². The Morgan fingerprint density at radius 2 is 1.89 bits per heavy atom. The second-order valence-corrected chi connectivity index (χ2v) is 4.04. The number of phenols is 1. The average Bonchev–Trinajstić information content (AvgIpc) is 2.41. The van der Waals surface area contributed by atoms with Gasteiger partial charge in [-0.05, 0) is 36.8 Å². The number of phenolic OH excluding ortho intramolecular Hbond substituents is 1. The molecule has 3 heteroatoms. The van der Waals surface area contributed by atoms with Crippen molar-refractivity contribution in [1.29, 1.82) is 0 Å². The summed E-state index contributed by atoms with van der Waals surface area (Å²) in [5.74, 6) is 1.75. The summed E-state index contributed by atoms with van der Waals surface area (Å²) < 4.78 is 10.8. The summed E-state index contributed by atoms with van der Waals surface area (Å²) in [6.07, 6.45) is 0. The van der Waals surface area contributed by atoms with Gasteiger partial charge in [-0.1, -0.05) is 18.2 Å². The summed E-state index contributed by atoms with van der Waals surface area (Å²) in [5.41, 5.74) is 1.78. The van der Waals surface area contributed by atoms with E-state index in [1.165, 1.54) is 0 Å². The predicted octanol–water partition coefficient (Wildman–Crippen LogP) is 3.29.